The molecule has 3 aromatic rings. The van der Waals surface area contributed by atoms with E-state index in [4.69, 9.17) is 4.52 Å². The zero-order valence-electron chi connectivity index (χ0n) is 13.8. The molecule has 1 saturated heterocycles. The van der Waals surface area contributed by atoms with Crippen molar-refractivity contribution in [3.8, 4) is 0 Å². The highest BCUT2D eigenvalue weighted by Gasteiger charge is 2.30. The van der Waals surface area contributed by atoms with E-state index in [-0.39, 0.29) is 11.9 Å². The lowest BCUT2D eigenvalue weighted by molar-refractivity contribution is 0.0721. The molecule has 0 aromatic carbocycles. The van der Waals surface area contributed by atoms with Crippen molar-refractivity contribution >= 4 is 17.0 Å². The van der Waals surface area contributed by atoms with Gasteiger partial charge >= 0.3 is 0 Å². The number of rotatable bonds is 3. The van der Waals surface area contributed by atoms with Crippen LogP contribution in [0, 0.1) is 13.8 Å². The summed E-state index contributed by atoms with van der Waals surface area (Å²) in [5.41, 5.74) is 2.92. The Morgan fingerprint density at radius 1 is 1.38 bits per heavy atom. The van der Waals surface area contributed by atoms with E-state index < -0.39 is 0 Å². The summed E-state index contributed by atoms with van der Waals surface area (Å²) in [5.74, 6) is 0.0105. The van der Waals surface area contributed by atoms with E-state index in [1.165, 1.54) is 0 Å². The fourth-order valence-corrected chi connectivity index (χ4v) is 3.30. The number of aromatic nitrogens is 4. The summed E-state index contributed by atoms with van der Waals surface area (Å²) in [7, 11) is 0. The predicted molar refractivity (Wildman–Crippen MR) is 87.6 cm³/mol. The normalized spacial score (nSPS) is 17.8. The number of hydrogen-bond acceptors (Lipinski definition) is 5. The Hall–Kier alpha value is -2.70. The summed E-state index contributed by atoms with van der Waals surface area (Å²) >= 11 is 0. The molecule has 1 amide bonds. The Bertz CT molecular complexity index is 897. The van der Waals surface area contributed by atoms with Crippen LogP contribution in [0.5, 0.6) is 0 Å². The van der Waals surface area contributed by atoms with E-state index in [0.29, 0.717) is 11.3 Å². The average Bonchev–Trinajstić information content (AvgIpc) is 3.29. The molecule has 24 heavy (non-hydrogen) atoms. The van der Waals surface area contributed by atoms with Gasteiger partial charge in [0.15, 0.2) is 0 Å². The van der Waals surface area contributed by atoms with Crippen molar-refractivity contribution in [2.75, 3.05) is 6.54 Å². The van der Waals surface area contributed by atoms with Crippen molar-refractivity contribution in [3.05, 3.63) is 41.5 Å². The molecule has 0 aliphatic carbocycles. The Kier molecular flexibility index (Phi) is 3.55. The van der Waals surface area contributed by atoms with E-state index in [1.807, 2.05) is 41.9 Å². The number of hydrogen-bond donors (Lipinski definition) is 0. The smallest absolute Gasteiger partial charge is 0.257 e. The first-order valence-corrected chi connectivity index (χ1v) is 8.14. The third-order valence-electron chi connectivity index (χ3n) is 4.56. The van der Waals surface area contributed by atoms with Gasteiger partial charge in [-0.15, -0.1) is 0 Å². The molecule has 4 heterocycles. The molecular weight excluding hydrogens is 306 g/mol. The number of likely N-dealkylation sites (tertiary alicyclic amines) is 1. The molecule has 0 radical (unpaired) electrons. The number of pyridine rings is 1. The first-order valence-electron chi connectivity index (χ1n) is 8.14. The highest BCUT2D eigenvalue weighted by atomic mass is 16.5. The number of carbonyl (C=O) groups is 1. The molecule has 1 aliphatic rings. The first kappa shape index (κ1) is 14.9. The minimum absolute atomic E-state index is 0.0105. The average molecular weight is 325 g/mol. The van der Waals surface area contributed by atoms with Crippen molar-refractivity contribution in [2.24, 2.45) is 0 Å². The minimum Gasteiger partial charge on any atom is -0.336 e. The second-order valence-electron chi connectivity index (χ2n) is 6.38. The van der Waals surface area contributed by atoms with Gasteiger partial charge in [0.25, 0.3) is 11.6 Å². The van der Waals surface area contributed by atoms with Crippen molar-refractivity contribution in [1.29, 1.82) is 0 Å². The van der Waals surface area contributed by atoms with Gasteiger partial charge in [-0.25, -0.2) is 4.98 Å². The summed E-state index contributed by atoms with van der Waals surface area (Å²) in [5, 5.41) is 9.02. The topological polar surface area (TPSA) is 77.0 Å². The lowest BCUT2D eigenvalue weighted by Gasteiger charge is -2.24. The molecule has 0 N–H and O–H groups in total. The highest BCUT2D eigenvalue weighted by molar-refractivity contribution is 5.97. The third kappa shape index (κ3) is 2.55. The second-order valence-corrected chi connectivity index (χ2v) is 6.38. The lowest BCUT2D eigenvalue weighted by atomic mass is 10.1. The van der Waals surface area contributed by atoms with Crippen molar-refractivity contribution < 1.29 is 9.32 Å². The van der Waals surface area contributed by atoms with Crippen LogP contribution < -0.4 is 0 Å². The summed E-state index contributed by atoms with van der Waals surface area (Å²) < 4.78 is 7.03. The molecule has 124 valence electrons. The Balaban J connectivity index is 1.58. The van der Waals surface area contributed by atoms with Crippen LogP contribution in [0.4, 0.5) is 0 Å². The number of nitrogens with zero attached hydrogens (tertiary/aromatic N) is 5. The van der Waals surface area contributed by atoms with Crippen LogP contribution in [0.15, 0.2) is 29.2 Å². The molecule has 1 atom stereocenters. The molecule has 7 heteroatoms. The predicted octanol–water partition coefficient (Wildman–Crippen LogP) is 2.34. The van der Waals surface area contributed by atoms with Crippen LogP contribution in [-0.2, 0) is 6.54 Å². The fraction of sp³-hybridized carbons (Fsp3) is 0.412. The second kappa shape index (κ2) is 5.74. The maximum Gasteiger partial charge on any atom is 0.257 e. The van der Waals surface area contributed by atoms with Gasteiger partial charge in [0.2, 0.25) is 0 Å². The standard InChI is InChI=1S/C17H19N5O2/c1-11-7-19-21(9-11)10-14-4-3-5-22(14)17(23)13-6-15-12(2)20-24-16(15)18-8-13/h6-9,14H,3-5,10H2,1-2H3. The molecule has 3 aromatic heterocycles. The Morgan fingerprint density at radius 3 is 3.04 bits per heavy atom. The SMILES string of the molecule is Cc1cnn(CC2CCCN2C(=O)c2cnc3onc(C)c3c2)c1. The van der Waals surface area contributed by atoms with Gasteiger partial charge in [-0.1, -0.05) is 5.16 Å². The van der Waals surface area contributed by atoms with Gasteiger partial charge in [0.05, 0.1) is 35.4 Å². The molecular formula is C17H19N5O2. The van der Waals surface area contributed by atoms with Crippen molar-refractivity contribution in [2.45, 2.75) is 39.3 Å². The monoisotopic (exact) mass is 325 g/mol. The Morgan fingerprint density at radius 2 is 2.25 bits per heavy atom. The van der Waals surface area contributed by atoms with Crippen LogP contribution in [0.1, 0.15) is 34.5 Å². The molecule has 1 aliphatic heterocycles. The van der Waals surface area contributed by atoms with E-state index >= 15 is 0 Å². The molecule has 1 unspecified atom stereocenters. The van der Waals surface area contributed by atoms with Gasteiger partial charge in [-0.05, 0) is 38.3 Å². The van der Waals surface area contributed by atoms with E-state index in [1.54, 1.807) is 6.20 Å². The fourth-order valence-electron chi connectivity index (χ4n) is 3.30. The van der Waals surface area contributed by atoms with Crippen LogP contribution in [0.25, 0.3) is 11.1 Å². The van der Waals surface area contributed by atoms with E-state index in [0.717, 1.165) is 42.6 Å². The maximum absolute atomic E-state index is 12.9. The van der Waals surface area contributed by atoms with Gasteiger partial charge in [-0.2, -0.15) is 5.10 Å². The van der Waals surface area contributed by atoms with Crippen LogP contribution in [0.2, 0.25) is 0 Å². The van der Waals surface area contributed by atoms with Gasteiger partial charge in [0, 0.05) is 18.9 Å². The largest absolute Gasteiger partial charge is 0.336 e. The summed E-state index contributed by atoms with van der Waals surface area (Å²) in [6.45, 7) is 5.36. The number of aryl methyl sites for hydroxylation is 2. The van der Waals surface area contributed by atoms with Crippen LogP contribution in [-0.4, -0.2) is 43.3 Å². The number of carbonyl (C=O) groups excluding carboxylic acids is 1. The molecule has 0 spiro atoms. The van der Waals surface area contributed by atoms with Gasteiger partial charge < -0.3 is 9.42 Å². The summed E-state index contributed by atoms with van der Waals surface area (Å²) in [6.07, 6.45) is 7.43. The van der Waals surface area contributed by atoms with Crippen molar-refractivity contribution in [3.63, 3.8) is 0 Å². The van der Waals surface area contributed by atoms with Crippen molar-refractivity contribution in [1.82, 2.24) is 24.8 Å². The van der Waals surface area contributed by atoms with Gasteiger partial charge in [-0.3, -0.25) is 9.48 Å². The molecule has 0 saturated carbocycles. The maximum atomic E-state index is 12.9. The number of amides is 1. The minimum atomic E-state index is 0.0105. The highest BCUT2D eigenvalue weighted by Crippen LogP contribution is 2.23. The Labute approximate surface area is 139 Å². The first-order chi connectivity index (χ1) is 11.6. The summed E-state index contributed by atoms with van der Waals surface area (Å²) in [4.78, 5) is 19.1. The molecule has 4 rings (SSSR count). The van der Waals surface area contributed by atoms with Gasteiger partial charge in [0.1, 0.15) is 0 Å². The third-order valence-corrected chi connectivity index (χ3v) is 4.56. The van der Waals surface area contributed by atoms with E-state index in [2.05, 4.69) is 15.2 Å². The quantitative estimate of drug-likeness (QED) is 0.738. The van der Waals surface area contributed by atoms with Crippen LogP contribution in [0.3, 0.4) is 0 Å². The summed E-state index contributed by atoms with van der Waals surface area (Å²) in [6, 6.07) is 1.99. The van der Waals surface area contributed by atoms with E-state index in [9.17, 15) is 4.79 Å². The zero-order valence-corrected chi connectivity index (χ0v) is 13.8. The van der Waals surface area contributed by atoms with Crippen LogP contribution >= 0.6 is 0 Å². The molecule has 7 nitrogen and oxygen atoms in total. The lowest BCUT2D eigenvalue weighted by Crippen LogP contribution is -2.38. The molecule has 1 fully saturated rings. The number of fused-ring (bicyclic) bond motifs is 1. The zero-order chi connectivity index (χ0) is 16.7. The molecule has 0 bridgehead atoms.